The molecule has 0 unspecified atom stereocenters. The van der Waals surface area contributed by atoms with Crippen molar-refractivity contribution in [2.45, 2.75) is 22.7 Å². The SMILES string of the molecule is [Zn].[Zn].c1ccc([C@]23N=C(Nc4nc5ccccc5[nH]4)N[C@@]2(c2ccccc2)N=C(Nc2nc4ccccc4[nH]2)[N-]3)cc1.c1ccc([C@]23N=C(Nc4nc5ccccc5[nH]4)N[C@@]2(c2ccccc2)N=C(Nc2nc4ccccc4[nH]2)[N-]3)cc1. The van der Waals surface area contributed by atoms with Crippen LogP contribution in [0.1, 0.15) is 22.3 Å². The Morgan fingerprint density at radius 3 is 0.866 bits per heavy atom. The normalized spacial score (nSPS) is 20.9. The van der Waals surface area contributed by atoms with E-state index in [4.69, 9.17) is 30.6 Å². The molecular formula is C60H46N20Zn2-2. The first kappa shape index (κ1) is 51.4. The van der Waals surface area contributed by atoms with E-state index in [2.05, 4.69) is 71.8 Å². The van der Waals surface area contributed by atoms with Crippen molar-refractivity contribution >= 4 is 91.8 Å². The second kappa shape index (κ2) is 20.6. The predicted molar refractivity (Wildman–Crippen MR) is 314 cm³/mol. The third-order valence-corrected chi connectivity index (χ3v) is 14.5. The van der Waals surface area contributed by atoms with Gasteiger partial charge in [0.15, 0.2) is 11.3 Å². The zero-order valence-electron chi connectivity index (χ0n) is 43.7. The molecule has 0 spiro atoms. The molecule has 22 heteroatoms. The van der Waals surface area contributed by atoms with Crippen LogP contribution >= 0.6 is 0 Å². The number of nitrogens with one attached hydrogen (secondary N) is 10. The topological polar surface area (TPSA) is 265 Å². The number of fused-ring (bicyclic) bond motifs is 6. The number of rotatable bonds is 8. The maximum Gasteiger partial charge on any atom is 0.208 e. The van der Waals surface area contributed by atoms with Gasteiger partial charge in [0.25, 0.3) is 0 Å². The van der Waals surface area contributed by atoms with Crippen molar-refractivity contribution in [1.29, 1.82) is 0 Å². The summed E-state index contributed by atoms with van der Waals surface area (Å²) < 4.78 is 0. The molecule has 392 valence electrons. The molecule has 4 atom stereocenters. The number of hydrogen-bond acceptors (Lipinski definition) is 14. The van der Waals surface area contributed by atoms with E-state index >= 15 is 0 Å². The van der Waals surface area contributed by atoms with E-state index < -0.39 is 22.7 Å². The molecule has 0 bridgehead atoms. The molecule has 0 amide bonds. The molecule has 12 aromatic rings. The Balaban J connectivity index is 0.000000150. The van der Waals surface area contributed by atoms with Gasteiger partial charge in [0.05, 0.1) is 44.1 Å². The van der Waals surface area contributed by atoms with Gasteiger partial charge < -0.3 is 61.8 Å². The van der Waals surface area contributed by atoms with Crippen molar-refractivity contribution in [3.63, 3.8) is 0 Å². The van der Waals surface area contributed by atoms with Gasteiger partial charge in [-0.25, -0.2) is 29.9 Å². The number of aliphatic imine (C=N–C) groups is 4. The van der Waals surface area contributed by atoms with E-state index in [1.54, 1.807) is 0 Å². The Morgan fingerprint density at radius 2 is 0.561 bits per heavy atom. The molecule has 20 nitrogen and oxygen atoms in total. The molecule has 8 aromatic carbocycles. The molecule has 8 heterocycles. The van der Waals surface area contributed by atoms with Crippen LogP contribution < -0.4 is 31.9 Å². The number of para-hydroxylation sites is 8. The fourth-order valence-electron chi connectivity index (χ4n) is 10.9. The number of nitrogens with zero attached hydrogens (tertiary/aromatic N) is 10. The molecule has 0 fully saturated rings. The van der Waals surface area contributed by atoms with Crippen LogP contribution in [0.3, 0.4) is 0 Å². The Bertz CT molecular complexity index is 3730. The molecule has 0 saturated carbocycles. The smallest absolute Gasteiger partial charge is 0.208 e. The molecule has 4 aliphatic heterocycles. The van der Waals surface area contributed by atoms with Crippen LogP contribution in [-0.2, 0) is 61.6 Å². The average Bonchev–Trinajstić information content (AvgIpc) is 2.57. The average molecular weight is 1180 g/mol. The minimum Gasteiger partial charge on any atom is -0.383 e. The van der Waals surface area contributed by atoms with E-state index in [1.165, 1.54) is 0 Å². The first-order chi connectivity index (χ1) is 39.4. The summed E-state index contributed by atoms with van der Waals surface area (Å²) in [6.45, 7) is 0. The van der Waals surface area contributed by atoms with Gasteiger partial charge in [0.2, 0.25) is 23.8 Å². The van der Waals surface area contributed by atoms with Crippen molar-refractivity contribution in [3.05, 3.63) is 251 Å². The van der Waals surface area contributed by atoms with Gasteiger partial charge >= 0.3 is 0 Å². The van der Waals surface area contributed by atoms with Crippen LogP contribution in [0.25, 0.3) is 54.8 Å². The number of benzene rings is 8. The van der Waals surface area contributed by atoms with Crippen LogP contribution in [0.5, 0.6) is 0 Å². The van der Waals surface area contributed by atoms with Crippen molar-refractivity contribution in [3.8, 4) is 0 Å². The van der Waals surface area contributed by atoms with Crippen molar-refractivity contribution in [2.75, 3.05) is 21.3 Å². The summed E-state index contributed by atoms with van der Waals surface area (Å²) in [6.07, 6.45) is 0. The molecule has 16 rings (SSSR count). The number of imidazole rings is 4. The Morgan fingerprint density at radius 1 is 0.293 bits per heavy atom. The second-order valence-corrected chi connectivity index (χ2v) is 19.4. The first-order valence-corrected chi connectivity index (χ1v) is 25.9. The van der Waals surface area contributed by atoms with Gasteiger partial charge in [-0.3, -0.25) is 10.6 Å². The van der Waals surface area contributed by atoms with E-state index in [1.807, 2.05) is 218 Å². The van der Waals surface area contributed by atoms with Crippen molar-refractivity contribution in [1.82, 2.24) is 50.5 Å². The zero-order valence-corrected chi connectivity index (χ0v) is 49.6. The third-order valence-electron chi connectivity index (χ3n) is 14.5. The number of anilines is 4. The van der Waals surface area contributed by atoms with Gasteiger partial charge in [-0.2, -0.15) is 0 Å². The van der Waals surface area contributed by atoms with E-state index in [9.17, 15) is 0 Å². The molecule has 0 aliphatic carbocycles. The molecule has 4 aromatic heterocycles. The van der Waals surface area contributed by atoms with Gasteiger partial charge in [-0.05, 0) is 70.8 Å². The Kier molecular flexibility index (Phi) is 12.9. The van der Waals surface area contributed by atoms with Gasteiger partial charge in [0, 0.05) is 50.9 Å². The fourth-order valence-corrected chi connectivity index (χ4v) is 10.9. The molecule has 82 heavy (non-hydrogen) atoms. The van der Waals surface area contributed by atoms with Gasteiger partial charge in [-0.15, -0.1) is 0 Å². The number of H-pyrrole nitrogens is 4. The Labute approximate surface area is 493 Å². The van der Waals surface area contributed by atoms with Gasteiger partial charge in [0.1, 0.15) is 23.2 Å². The van der Waals surface area contributed by atoms with E-state index in [-0.39, 0.29) is 39.0 Å². The quantitative estimate of drug-likeness (QED) is 0.0643. The van der Waals surface area contributed by atoms with Crippen molar-refractivity contribution in [2.24, 2.45) is 20.0 Å². The number of aromatic amines is 4. The number of guanidine groups is 4. The minimum atomic E-state index is -1.14. The maximum absolute atomic E-state index is 5.18. The number of hydrogen-bond donors (Lipinski definition) is 10. The first-order valence-electron chi connectivity index (χ1n) is 25.9. The van der Waals surface area contributed by atoms with Crippen LogP contribution in [0.4, 0.5) is 23.8 Å². The monoisotopic (exact) mass is 1170 g/mol. The summed E-state index contributed by atoms with van der Waals surface area (Å²) in [6, 6.07) is 71.6. The van der Waals surface area contributed by atoms with Crippen molar-refractivity contribution < 1.29 is 39.0 Å². The van der Waals surface area contributed by atoms with Crippen LogP contribution in [0, 0.1) is 0 Å². The number of aromatic nitrogens is 8. The summed E-state index contributed by atoms with van der Waals surface area (Å²) >= 11 is 0. The standard InChI is InChI=1S/2C30H23N10.2Zn/c2*1-3-11-19(12-4-1)29-30(20-13-5-2-6-14-20,39-27(37-29)35-25-31-21-15-7-8-16-22(21)32-25)40-28(38-29)36-26-33-23-17-9-10-18-24(23)34-26;;/h2*1-18H,(H5-,31,32,33,34,35,36,37,38,39,40);;/q2*-1;;/t2*29-,30+;;. The second-order valence-electron chi connectivity index (χ2n) is 19.4. The summed E-state index contributed by atoms with van der Waals surface area (Å²) in [5.41, 5.74) is 6.31. The maximum atomic E-state index is 5.18. The largest absolute Gasteiger partial charge is 0.383 e. The third kappa shape index (κ3) is 8.67. The van der Waals surface area contributed by atoms with Crippen LogP contribution in [-0.4, -0.2) is 63.7 Å². The Hall–Kier alpha value is -10.0. The molecular weight excluding hydrogens is 1130 g/mol. The summed E-state index contributed by atoms with van der Waals surface area (Å²) in [5.74, 6) is 4.08. The minimum absolute atomic E-state index is 0. The summed E-state index contributed by atoms with van der Waals surface area (Å²) in [7, 11) is 0. The van der Waals surface area contributed by atoms with Gasteiger partial charge in [-0.1, -0.05) is 170 Å². The summed E-state index contributed by atoms with van der Waals surface area (Å²) in [5, 5.41) is 30.8. The molecule has 10 N–H and O–H groups in total. The summed E-state index contributed by atoms with van der Waals surface area (Å²) in [4.78, 5) is 52.6. The van der Waals surface area contributed by atoms with Crippen LogP contribution in [0.2, 0.25) is 0 Å². The molecule has 0 radical (unpaired) electrons. The van der Waals surface area contributed by atoms with E-state index in [0.29, 0.717) is 47.6 Å². The fraction of sp³-hybridized carbons (Fsp3) is 0.0667. The van der Waals surface area contributed by atoms with E-state index in [0.717, 1.165) is 66.4 Å². The zero-order chi connectivity index (χ0) is 53.1. The molecule has 0 saturated heterocycles. The van der Waals surface area contributed by atoms with Crippen LogP contribution in [0.15, 0.2) is 238 Å². The predicted octanol–water partition coefficient (Wildman–Crippen LogP) is 10.7. The molecule has 4 aliphatic rings.